The van der Waals surface area contributed by atoms with Crippen LogP contribution in [0.2, 0.25) is 0 Å². The molecule has 1 aliphatic heterocycles. The van der Waals surface area contributed by atoms with Crippen LogP contribution in [0.4, 0.5) is 0 Å². The van der Waals surface area contributed by atoms with Crippen LogP contribution in [0.25, 0.3) is 0 Å². The summed E-state index contributed by atoms with van der Waals surface area (Å²) in [6.07, 6.45) is 2.65. The first-order valence-electron chi connectivity index (χ1n) is 7.84. The highest BCUT2D eigenvalue weighted by Crippen LogP contribution is 2.23. The summed E-state index contributed by atoms with van der Waals surface area (Å²) < 4.78 is 0. The van der Waals surface area contributed by atoms with E-state index in [9.17, 15) is 0 Å². The Morgan fingerprint density at radius 2 is 1.67 bits per heavy atom. The maximum absolute atomic E-state index is 4.79. The summed E-state index contributed by atoms with van der Waals surface area (Å²) in [7, 11) is 0. The molecule has 0 amide bonds. The van der Waals surface area contributed by atoms with Gasteiger partial charge in [0.25, 0.3) is 0 Å². The molecule has 0 bridgehead atoms. The average molecular weight is 279 g/mol. The number of nitrogens with zero attached hydrogens (tertiary/aromatic N) is 2. The van der Waals surface area contributed by atoms with Gasteiger partial charge in [-0.05, 0) is 36.1 Å². The van der Waals surface area contributed by atoms with Crippen LogP contribution in [0.3, 0.4) is 0 Å². The van der Waals surface area contributed by atoms with Gasteiger partial charge in [0.1, 0.15) is 0 Å². The van der Waals surface area contributed by atoms with E-state index in [4.69, 9.17) is 4.98 Å². The minimum Gasteiger partial charge on any atom is -0.308 e. The molecule has 1 aromatic heterocycles. The number of nitrogens with one attached hydrogen (secondary N) is 1. The van der Waals surface area contributed by atoms with Gasteiger partial charge in [0.05, 0.1) is 11.4 Å². The molecular formula is C18H21N3. The van der Waals surface area contributed by atoms with Crippen LogP contribution >= 0.6 is 0 Å². The first-order valence-corrected chi connectivity index (χ1v) is 7.84. The molecule has 3 heteroatoms. The van der Waals surface area contributed by atoms with E-state index in [0.29, 0.717) is 0 Å². The summed E-state index contributed by atoms with van der Waals surface area (Å²) in [6.45, 7) is 3.93. The number of benzene rings is 1. The van der Waals surface area contributed by atoms with Gasteiger partial charge in [-0.2, -0.15) is 0 Å². The fourth-order valence-electron chi connectivity index (χ4n) is 3.00. The Morgan fingerprint density at radius 1 is 0.952 bits per heavy atom. The number of pyridine rings is 1. The third-order valence-corrected chi connectivity index (χ3v) is 4.31. The van der Waals surface area contributed by atoms with Gasteiger partial charge in [0.2, 0.25) is 0 Å². The zero-order chi connectivity index (χ0) is 14.1. The maximum atomic E-state index is 4.79. The van der Waals surface area contributed by atoms with E-state index in [0.717, 1.165) is 37.9 Å². The number of hydrogen-bond donors (Lipinski definition) is 1. The van der Waals surface area contributed by atoms with Crippen LogP contribution in [-0.2, 0) is 26.2 Å². The highest BCUT2D eigenvalue weighted by molar-refractivity contribution is 5.30. The molecule has 0 radical (unpaired) electrons. The molecule has 1 aromatic carbocycles. The summed E-state index contributed by atoms with van der Waals surface area (Å²) in [5.41, 5.74) is 5.27. The molecule has 0 spiro atoms. The van der Waals surface area contributed by atoms with Crippen molar-refractivity contribution in [3.05, 3.63) is 65.0 Å². The Kier molecular flexibility index (Phi) is 3.45. The van der Waals surface area contributed by atoms with Crippen LogP contribution < -0.4 is 5.32 Å². The highest BCUT2D eigenvalue weighted by atomic mass is 15.1. The normalized spacial score (nSPS) is 17.9. The Labute approximate surface area is 126 Å². The van der Waals surface area contributed by atoms with Gasteiger partial charge in [-0.15, -0.1) is 0 Å². The predicted molar refractivity (Wildman–Crippen MR) is 83.5 cm³/mol. The molecule has 0 atom stereocenters. The summed E-state index contributed by atoms with van der Waals surface area (Å²) in [4.78, 5) is 7.26. The van der Waals surface area contributed by atoms with Gasteiger partial charge in [-0.25, -0.2) is 0 Å². The summed E-state index contributed by atoms with van der Waals surface area (Å²) in [5.74, 6) is 0. The van der Waals surface area contributed by atoms with E-state index in [-0.39, 0.29) is 0 Å². The van der Waals surface area contributed by atoms with Crippen molar-refractivity contribution in [1.29, 1.82) is 0 Å². The topological polar surface area (TPSA) is 28.2 Å². The molecule has 1 saturated carbocycles. The average Bonchev–Trinajstić information content (AvgIpc) is 3.24. The van der Waals surface area contributed by atoms with E-state index in [1.807, 2.05) is 0 Å². The van der Waals surface area contributed by atoms with Crippen molar-refractivity contribution in [3.63, 3.8) is 0 Å². The molecule has 0 saturated heterocycles. The third kappa shape index (κ3) is 3.14. The fourth-order valence-corrected chi connectivity index (χ4v) is 3.00. The molecule has 4 rings (SSSR count). The quantitative estimate of drug-likeness (QED) is 0.912. The van der Waals surface area contributed by atoms with Crippen molar-refractivity contribution >= 4 is 0 Å². The standard InChI is InChI=1S/C18H21N3/c1-2-5-15-12-21(11-14(15)4-1)13-18-7-3-6-17(20-18)10-19-16-8-9-16/h1-7,16,19H,8-13H2. The highest BCUT2D eigenvalue weighted by Gasteiger charge is 2.21. The molecule has 1 N–H and O–H groups in total. The molecule has 1 aliphatic carbocycles. The molecule has 2 aliphatic rings. The fraction of sp³-hybridized carbons (Fsp3) is 0.389. The summed E-state index contributed by atoms with van der Waals surface area (Å²) in [6, 6.07) is 15.9. The van der Waals surface area contributed by atoms with Gasteiger partial charge in [0.15, 0.2) is 0 Å². The minimum atomic E-state index is 0.739. The lowest BCUT2D eigenvalue weighted by atomic mass is 10.1. The first kappa shape index (κ1) is 13.0. The Morgan fingerprint density at radius 3 is 2.38 bits per heavy atom. The number of aromatic nitrogens is 1. The lowest BCUT2D eigenvalue weighted by Gasteiger charge is -2.14. The molecule has 3 nitrogen and oxygen atoms in total. The van der Waals surface area contributed by atoms with Crippen LogP contribution in [0.15, 0.2) is 42.5 Å². The van der Waals surface area contributed by atoms with E-state index in [1.165, 1.54) is 29.7 Å². The largest absolute Gasteiger partial charge is 0.308 e. The SMILES string of the molecule is c1cc(CNC2CC2)nc(CN2Cc3ccccc3C2)c1. The third-order valence-electron chi connectivity index (χ3n) is 4.31. The molecule has 2 aromatic rings. The monoisotopic (exact) mass is 279 g/mol. The molecule has 0 unspecified atom stereocenters. The van der Waals surface area contributed by atoms with Gasteiger partial charge in [-0.3, -0.25) is 9.88 Å². The van der Waals surface area contributed by atoms with Crippen molar-refractivity contribution in [2.75, 3.05) is 0 Å². The second-order valence-corrected chi connectivity index (χ2v) is 6.19. The molecule has 21 heavy (non-hydrogen) atoms. The van der Waals surface area contributed by atoms with Crippen molar-refractivity contribution in [1.82, 2.24) is 15.2 Å². The predicted octanol–water partition coefficient (Wildman–Crippen LogP) is 2.85. The van der Waals surface area contributed by atoms with Crippen LogP contribution in [0, 0.1) is 0 Å². The Balaban J connectivity index is 1.39. The summed E-state index contributed by atoms with van der Waals surface area (Å²) >= 11 is 0. The first-order chi connectivity index (χ1) is 10.4. The summed E-state index contributed by atoms with van der Waals surface area (Å²) in [5, 5.41) is 3.53. The Hall–Kier alpha value is -1.71. The van der Waals surface area contributed by atoms with Gasteiger partial charge >= 0.3 is 0 Å². The van der Waals surface area contributed by atoms with Crippen LogP contribution in [0.1, 0.15) is 35.4 Å². The molecular weight excluding hydrogens is 258 g/mol. The molecule has 108 valence electrons. The zero-order valence-electron chi connectivity index (χ0n) is 12.3. The number of hydrogen-bond acceptors (Lipinski definition) is 3. The lowest BCUT2D eigenvalue weighted by Crippen LogP contribution is -2.19. The van der Waals surface area contributed by atoms with Gasteiger partial charge < -0.3 is 5.32 Å². The second-order valence-electron chi connectivity index (χ2n) is 6.19. The second kappa shape index (κ2) is 5.58. The zero-order valence-corrected chi connectivity index (χ0v) is 12.3. The van der Waals surface area contributed by atoms with Crippen molar-refractivity contribution in [3.8, 4) is 0 Å². The molecule has 1 fully saturated rings. The Bertz CT molecular complexity index is 609. The smallest absolute Gasteiger partial charge is 0.0548 e. The van der Waals surface area contributed by atoms with Crippen molar-refractivity contribution in [2.24, 2.45) is 0 Å². The number of rotatable bonds is 5. The minimum absolute atomic E-state index is 0.739. The van der Waals surface area contributed by atoms with Crippen LogP contribution in [0.5, 0.6) is 0 Å². The van der Waals surface area contributed by atoms with Gasteiger partial charge in [-0.1, -0.05) is 30.3 Å². The number of fused-ring (bicyclic) bond motifs is 1. The molecule has 2 heterocycles. The maximum Gasteiger partial charge on any atom is 0.0548 e. The van der Waals surface area contributed by atoms with E-state index in [1.54, 1.807) is 0 Å². The van der Waals surface area contributed by atoms with E-state index in [2.05, 4.69) is 52.7 Å². The van der Waals surface area contributed by atoms with Crippen molar-refractivity contribution in [2.45, 2.75) is 45.1 Å². The lowest BCUT2D eigenvalue weighted by molar-refractivity contribution is 0.272. The van der Waals surface area contributed by atoms with Crippen molar-refractivity contribution < 1.29 is 0 Å². The van der Waals surface area contributed by atoms with Gasteiger partial charge in [0, 0.05) is 32.2 Å². The van der Waals surface area contributed by atoms with E-state index < -0.39 is 0 Å². The van der Waals surface area contributed by atoms with Crippen LogP contribution in [-0.4, -0.2) is 15.9 Å². The van der Waals surface area contributed by atoms with E-state index >= 15 is 0 Å².